The first-order valence-corrected chi connectivity index (χ1v) is 7.71. The summed E-state index contributed by atoms with van der Waals surface area (Å²) < 4.78 is 6.28. The maximum Gasteiger partial charge on any atom is 0.329 e. The predicted molar refractivity (Wildman–Crippen MR) is 85.0 cm³/mol. The molecule has 2 amide bonds. The fraction of sp³-hybridized carbons (Fsp3) is 0.429. The van der Waals surface area contributed by atoms with Crippen molar-refractivity contribution in [3.05, 3.63) is 33.4 Å². The first-order chi connectivity index (χ1) is 10.0. The van der Waals surface area contributed by atoms with Gasteiger partial charge in [0.15, 0.2) is 0 Å². The van der Waals surface area contributed by atoms with E-state index in [2.05, 4.69) is 33.2 Å². The molecule has 0 aliphatic carbocycles. The number of halogens is 1. The highest BCUT2D eigenvalue weighted by Crippen LogP contribution is 2.21. The number of amides is 2. The Morgan fingerprint density at radius 1 is 1.24 bits per heavy atom. The summed E-state index contributed by atoms with van der Waals surface area (Å²) in [5.41, 5.74) is -0.268. The summed E-state index contributed by atoms with van der Waals surface area (Å²) in [6.07, 6.45) is 0.554. The molecule has 0 unspecified atom stereocenters. The topological polar surface area (TPSA) is 87.7 Å². The molecule has 1 heterocycles. The van der Waals surface area contributed by atoms with Crippen molar-refractivity contribution in [2.45, 2.75) is 24.9 Å². The molecule has 0 atom stereocenters. The van der Waals surface area contributed by atoms with E-state index >= 15 is 0 Å². The van der Waals surface area contributed by atoms with Crippen LogP contribution in [-0.4, -0.2) is 35.9 Å². The molecule has 21 heavy (non-hydrogen) atoms. The number of benzene rings is 1. The van der Waals surface area contributed by atoms with Gasteiger partial charge in [-0.25, -0.2) is 9.59 Å². The normalized spacial score (nSPS) is 17.0. The van der Waals surface area contributed by atoms with Gasteiger partial charge in [-0.15, -0.1) is 0 Å². The quantitative estimate of drug-likeness (QED) is 0.668. The number of nitrogens with one attached hydrogen (secondary N) is 2. The number of hydrogen-bond donors (Lipinski definition) is 3. The lowest BCUT2D eigenvalue weighted by Gasteiger charge is -2.33. The van der Waals surface area contributed by atoms with E-state index in [4.69, 9.17) is 4.74 Å². The van der Waals surface area contributed by atoms with Gasteiger partial charge < -0.3 is 20.5 Å². The Balaban J connectivity index is 1.90. The van der Waals surface area contributed by atoms with Crippen LogP contribution in [0.15, 0.2) is 24.3 Å². The van der Waals surface area contributed by atoms with Crippen LogP contribution in [0.5, 0.6) is 0 Å². The molecular weight excluding hydrogens is 387 g/mol. The minimum absolute atomic E-state index is 0.277. The van der Waals surface area contributed by atoms with Gasteiger partial charge in [-0.3, -0.25) is 0 Å². The van der Waals surface area contributed by atoms with Crippen LogP contribution in [0.25, 0.3) is 0 Å². The maximum atomic E-state index is 11.9. The average Bonchev–Trinajstić information content (AvgIpc) is 2.47. The molecule has 3 N–H and O–H groups in total. The molecule has 2 rings (SSSR count). The number of rotatable bonds is 4. The average molecular weight is 404 g/mol. The molecule has 1 fully saturated rings. The molecule has 114 valence electrons. The van der Waals surface area contributed by atoms with E-state index in [1.165, 1.54) is 0 Å². The number of urea groups is 1. The molecule has 1 saturated heterocycles. The second-order valence-electron chi connectivity index (χ2n) is 4.93. The molecule has 6 nitrogen and oxygen atoms in total. The van der Waals surface area contributed by atoms with Gasteiger partial charge in [0.25, 0.3) is 0 Å². The summed E-state index contributed by atoms with van der Waals surface area (Å²) in [6.45, 7) is 1.03. The highest BCUT2D eigenvalue weighted by molar-refractivity contribution is 14.1. The molecule has 1 aliphatic rings. The van der Waals surface area contributed by atoms with Crippen LogP contribution in [0, 0.1) is 3.57 Å². The van der Waals surface area contributed by atoms with Crippen LogP contribution >= 0.6 is 22.6 Å². The number of ether oxygens (including phenoxy) is 1. The number of aliphatic carboxylic acids is 1. The van der Waals surface area contributed by atoms with Gasteiger partial charge >= 0.3 is 12.0 Å². The molecule has 1 aliphatic heterocycles. The number of carboxylic acid groups (broad SMARTS) is 1. The van der Waals surface area contributed by atoms with E-state index in [9.17, 15) is 14.7 Å². The van der Waals surface area contributed by atoms with Crippen molar-refractivity contribution in [1.82, 2.24) is 10.6 Å². The van der Waals surface area contributed by atoms with E-state index in [0.29, 0.717) is 19.8 Å². The lowest BCUT2D eigenvalue weighted by molar-refractivity contribution is -0.148. The monoisotopic (exact) mass is 404 g/mol. The third-order valence-corrected chi connectivity index (χ3v) is 4.19. The lowest BCUT2D eigenvalue weighted by Crippen LogP contribution is -2.59. The van der Waals surface area contributed by atoms with Gasteiger partial charge in [0.1, 0.15) is 5.54 Å². The fourth-order valence-corrected chi connectivity index (χ4v) is 2.52. The molecule has 0 bridgehead atoms. The number of hydrogen-bond acceptors (Lipinski definition) is 3. The van der Waals surface area contributed by atoms with Gasteiger partial charge in [-0.1, -0.05) is 12.1 Å². The minimum atomic E-state index is -1.23. The first kappa shape index (κ1) is 16.0. The van der Waals surface area contributed by atoms with Gasteiger partial charge in [0.05, 0.1) is 0 Å². The Morgan fingerprint density at radius 2 is 1.86 bits per heavy atom. The zero-order chi connectivity index (χ0) is 15.3. The van der Waals surface area contributed by atoms with E-state index in [1.807, 2.05) is 24.3 Å². The molecular formula is C14H17IN2O4. The molecule has 0 saturated carbocycles. The maximum absolute atomic E-state index is 11.9. The standard InChI is InChI=1S/C14H17IN2O4/c15-11-3-1-10(2-4-11)9-16-13(20)17-14(12(18)19)5-7-21-8-6-14/h1-4H,5-9H2,(H,18,19)(H2,16,17,20). The molecule has 0 spiro atoms. The summed E-state index contributed by atoms with van der Waals surface area (Å²) in [7, 11) is 0. The van der Waals surface area contributed by atoms with Crippen LogP contribution in [0.2, 0.25) is 0 Å². The highest BCUT2D eigenvalue weighted by Gasteiger charge is 2.41. The van der Waals surface area contributed by atoms with Crippen molar-refractivity contribution in [1.29, 1.82) is 0 Å². The Hall–Kier alpha value is -1.35. The molecule has 1 aromatic carbocycles. The number of carboxylic acids is 1. The minimum Gasteiger partial charge on any atom is -0.480 e. The lowest BCUT2D eigenvalue weighted by atomic mass is 9.90. The summed E-state index contributed by atoms with van der Waals surface area (Å²) in [5, 5.41) is 14.6. The summed E-state index contributed by atoms with van der Waals surface area (Å²) in [4.78, 5) is 23.4. The fourth-order valence-electron chi connectivity index (χ4n) is 2.16. The van der Waals surface area contributed by atoms with Crippen LogP contribution < -0.4 is 10.6 Å². The highest BCUT2D eigenvalue weighted by atomic mass is 127. The summed E-state index contributed by atoms with van der Waals surface area (Å²) in [5.74, 6) is -1.02. The van der Waals surface area contributed by atoms with Crippen LogP contribution in [0.4, 0.5) is 4.79 Å². The zero-order valence-corrected chi connectivity index (χ0v) is 13.6. The van der Waals surface area contributed by atoms with Crippen molar-refractivity contribution >= 4 is 34.6 Å². The number of carbonyl (C=O) groups is 2. The largest absolute Gasteiger partial charge is 0.480 e. The van der Waals surface area contributed by atoms with E-state index in [0.717, 1.165) is 9.13 Å². The van der Waals surface area contributed by atoms with Crippen LogP contribution in [-0.2, 0) is 16.1 Å². The van der Waals surface area contributed by atoms with Gasteiger partial charge in [-0.2, -0.15) is 0 Å². The molecule has 0 aromatic heterocycles. The second kappa shape index (κ2) is 7.08. The van der Waals surface area contributed by atoms with Gasteiger partial charge in [0, 0.05) is 36.2 Å². The van der Waals surface area contributed by atoms with E-state index < -0.39 is 17.5 Å². The Bertz CT molecular complexity index is 512. The molecule has 1 aromatic rings. The Labute approximate surface area is 136 Å². The zero-order valence-electron chi connectivity index (χ0n) is 11.4. The van der Waals surface area contributed by atoms with Gasteiger partial charge in [-0.05, 0) is 40.3 Å². The molecule has 0 radical (unpaired) electrons. The van der Waals surface area contributed by atoms with Crippen LogP contribution in [0.3, 0.4) is 0 Å². The van der Waals surface area contributed by atoms with E-state index in [-0.39, 0.29) is 12.8 Å². The summed E-state index contributed by atoms with van der Waals surface area (Å²) in [6, 6.07) is 7.27. The third kappa shape index (κ3) is 4.31. The predicted octanol–water partition coefficient (Wildman–Crippen LogP) is 1.72. The Morgan fingerprint density at radius 3 is 2.43 bits per heavy atom. The van der Waals surface area contributed by atoms with Crippen molar-refractivity contribution in [2.75, 3.05) is 13.2 Å². The second-order valence-corrected chi connectivity index (χ2v) is 6.18. The smallest absolute Gasteiger partial charge is 0.329 e. The van der Waals surface area contributed by atoms with Gasteiger partial charge in [0.2, 0.25) is 0 Å². The SMILES string of the molecule is O=C(NCc1ccc(I)cc1)NC1(C(=O)O)CCOCC1. The number of carbonyl (C=O) groups excluding carboxylic acids is 1. The van der Waals surface area contributed by atoms with Crippen molar-refractivity contribution in [3.8, 4) is 0 Å². The van der Waals surface area contributed by atoms with Crippen molar-refractivity contribution < 1.29 is 19.4 Å². The third-order valence-electron chi connectivity index (χ3n) is 3.47. The van der Waals surface area contributed by atoms with Crippen LogP contribution in [0.1, 0.15) is 18.4 Å². The van der Waals surface area contributed by atoms with Crippen molar-refractivity contribution in [2.24, 2.45) is 0 Å². The first-order valence-electron chi connectivity index (χ1n) is 6.63. The summed E-state index contributed by atoms with van der Waals surface area (Å²) >= 11 is 2.21. The molecule has 7 heteroatoms. The van der Waals surface area contributed by atoms with Crippen molar-refractivity contribution in [3.63, 3.8) is 0 Å². The van der Waals surface area contributed by atoms with E-state index in [1.54, 1.807) is 0 Å². The Kier molecular flexibility index (Phi) is 5.40.